The Kier molecular flexibility index (Phi) is 5.66. The molecule has 160 valence electrons. The lowest BCUT2D eigenvalue weighted by molar-refractivity contribution is -0.271. The number of imidazole rings is 1. The third-order valence-electron chi connectivity index (χ3n) is 4.88. The summed E-state index contributed by atoms with van der Waals surface area (Å²) in [6, 6.07) is 3.19. The Hall–Kier alpha value is -3.21. The Balaban J connectivity index is 1.72. The summed E-state index contributed by atoms with van der Waals surface area (Å²) in [5.74, 6) is 0.183. The van der Waals surface area contributed by atoms with Crippen LogP contribution in [0.1, 0.15) is 23.5 Å². The molecule has 11 heteroatoms. The van der Waals surface area contributed by atoms with Gasteiger partial charge in [0.05, 0.1) is 0 Å². The topological polar surface area (TPSA) is 109 Å². The predicted molar refractivity (Wildman–Crippen MR) is 104 cm³/mol. The number of pyridine rings is 1. The largest absolute Gasteiger partial charge is 0.424 e. The molecule has 3 N–H and O–H groups in total. The van der Waals surface area contributed by atoms with E-state index in [2.05, 4.69) is 25.3 Å². The zero-order valence-corrected chi connectivity index (χ0v) is 16.6. The molecule has 0 aliphatic rings. The second-order valence-corrected chi connectivity index (χ2v) is 6.95. The predicted octanol–water partition coefficient (Wildman–Crippen LogP) is 2.43. The molecule has 3 rings (SSSR count). The van der Waals surface area contributed by atoms with Gasteiger partial charge in [0.15, 0.2) is 0 Å². The zero-order valence-electron chi connectivity index (χ0n) is 16.6. The van der Waals surface area contributed by atoms with E-state index in [1.165, 1.54) is 25.6 Å². The summed E-state index contributed by atoms with van der Waals surface area (Å²) in [6.45, 7) is 3.19. The lowest BCUT2D eigenvalue weighted by Gasteiger charge is -2.30. The van der Waals surface area contributed by atoms with Gasteiger partial charge in [-0.1, -0.05) is 0 Å². The van der Waals surface area contributed by atoms with Crippen LogP contribution >= 0.6 is 0 Å². The number of halogens is 3. The first-order valence-corrected chi connectivity index (χ1v) is 9.07. The molecule has 0 saturated heterocycles. The number of alkyl halides is 3. The van der Waals surface area contributed by atoms with E-state index >= 15 is 0 Å². The first-order chi connectivity index (χ1) is 14.0. The summed E-state index contributed by atoms with van der Waals surface area (Å²) in [6.07, 6.45) is -1.57. The monoisotopic (exact) mass is 422 g/mol. The van der Waals surface area contributed by atoms with Gasteiger partial charge in [0.2, 0.25) is 5.60 Å². The summed E-state index contributed by atoms with van der Waals surface area (Å²) >= 11 is 0. The Labute approximate surface area is 169 Å². The summed E-state index contributed by atoms with van der Waals surface area (Å²) in [4.78, 5) is 26.7. The van der Waals surface area contributed by atoms with Gasteiger partial charge in [-0.15, -0.1) is 0 Å². The van der Waals surface area contributed by atoms with Crippen LogP contribution in [0.3, 0.4) is 0 Å². The van der Waals surface area contributed by atoms with Crippen LogP contribution in [-0.2, 0) is 12.6 Å². The van der Waals surface area contributed by atoms with E-state index in [0.29, 0.717) is 28.5 Å². The zero-order chi connectivity index (χ0) is 22.1. The number of hydrogen-bond donors (Lipinski definition) is 3. The van der Waals surface area contributed by atoms with E-state index in [1.54, 1.807) is 26.0 Å². The summed E-state index contributed by atoms with van der Waals surface area (Å²) < 4.78 is 41.7. The maximum atomic E-state index is 13.5. The van der Waals surface area contributed by atoms with E-state index in [9.17, 15) is 23.1 Å². The van der Waals surface area contributed by atoms with Crippen molar-refractivity contribution in [1.29, 1.82) is 0 Å². The van der Waals surface area contributed by atoms with Crippen molar-refractivity contribution in [2.75, 3.05) is 11.9 Å². The van der Waals surface area contributed by atoms with Crippen molar-refractivity contribution in [2.45, 2.75) is 32.0 Å². The summed E-state index contributed by atoms with van der Waals surface area (Å²) in [7, 11) is 1.39. The van der Waals surface area contributed by atoms with Crippen molar-refractivity contribution in [1.82, 2.24) is 24.5 Å². The number of aryl methyl sites for hydroxylation is 2. The van der Waals surface area contributed by atoms with Crippen LogP contribution in [0.4, 0.5) is 19.0 Å². The van der Waals surface area contributed by atoms with Gasteiger partial charge in [-0.3, -0.25) is 4.79 Å². The third-order valence-corrected chi connectivity index (χ3v) is 4.88. The molecule has 0 aliphatic carbocycles. The number of nitrogens with zero attached hydrogens (tertiary/aromatic N) is 4. The fraction of sp³-hybridized carbons (Fsp3) is 0.368. The van der Waals surface area contributed by atoms with Gasteiger partial charge in [0.1, 0.15) is 17.5 Å². The van der Waals surface area contributed by atoms with Crippen molar-refractivity contribution in [3.63, 3.8) is 0 Å². The maximum absolute atomic E-state index is 13.5. The molecule has 0 bridgehead atoms. The molecule has 1 atom stereocenters. The number of aliphatic hydroxyl groups is 1. The average Bonchev–Trinajstić information content (AvgIpc) is 3.11. The van der Waals surface area contributed by atoms with Crippen molar-refractivity contribution in [3.8, 4) is 11.4 Å². The molecule has 0 aliphatic heterocycles. The van der Waals surface area contributed by atoms with Gasteiger partial charge in [0, 0.05) is 55.4 Å². The molecule has 0 fully saturated rings. The average molecular weight is 422 g/mol. The van der Waals surface area contributed by atoms with Crippen molar-refractivity contribution < 1.29 is 18.3 Å². The number of aromatic amines is 1. The van der Waals surface area contributed by atoms with Crippen LogP contribution in [0.5, 0.6) is 0 Å². The molecule has 3 aromatic heterocycles. The quantitative estimate of drug-likeness (QED) is 0.563. The molecule has 30 heavy (non-hydrogen) atoms. The van der Waals surface area contributed by atoms with Gasteiger partial charge in [0.25, 0.3) is 5.56 Å². The fourth-order valence-electron chi connectivity index (χ4n) is 2.94. The molecule has 0 amide bonds. The van der Waals surface area contributed by atoms with Crippen molar-refractivity contribution >= 4 is 5.82 Å². The normalized spacial score (nSPS) is 13.8. The van der Waals surface area contributed by atoms with Gasteiger partial charge in [-0.05, 0) is 26.0 Å². The Bertz CT molecular complexity index is 1090. The fourth-order valence-corrected chi connectivity index (χ4v) is 2.94. The van der Waals surface area contributed by atoms with E-state index in [1.807, 2.05) is 0 Å². The minimum absolute atomic E-state index is 0.200. The lowest BCUT2D eigenvalue weighted by atomic mass is 9.97. The van der Waals surface area contributed by atoms with Crippen LogP contribution in [0.25, 0.3) is 11.4 Å². The number of hydrogen-bond acceptors (Lipinski definition) is 6. The van der Waals surface area contributed by atoms with E-state index in [-0.39, 0.29) is 12.1 Å². The highest BCUT2D eigenvalue weighted by molar-refractivity contribution is 5.56. The van der Waals surface area contributed by atoms with Gasteiger partial charge in [-0.25, -0.2) is 15.0 Å². The smallest absolute Gasteiger partial charge is 0.374 e. The molecule has 0 aromatic carbocycles. The van der Waals surface area contributed by atoms with Crippen molar-refractivity contribution in [3.05, 3.63) is 58.2 Å². The third kappa shape index (κ3) is 4.06. The van der Waals surface area contributed by atoms with Crippen LogP contribution < -0.4 is 10.9 Å². The molecular formula is C19H21F3N6O2. The van der Waals surface area contributed by atoms with Crippen LogP contribution in [0, 0.1) is 13.8 Å². The molecule has 8 nitrogen and oxygen atoms in total. The van der Waals surface area contributed by atoms with E-state index in [0.717, 1.165) is 4.57 Å². The lowest BCUT2D eigenvalue weighted by Crippen LogP contribution is -2.45. The first-order valence-electron chi connectivity index (χ1n) is 9.07. The highest BCUT2D eigenvalue weighted by Gasteiger charge is 2.57. The molecule has 3 heterocycles. The van der Waals surface area contributed by atoms with E-state index in [4.69, 9.17) is 0 Å². The number of H-pyrrole nitrogens is 1. The molecule has 0 radical (unpaired) electrons. The summed E-state index contributed by atoms with van der Waals surface area (Å²) in [5, 5.41) is 13.1. The standard InChI is InChI=1S/C19H21F3N6O2/c1-11-12(2)26-15(27-16(11)29)13-4-5-14(25-10-13)23-7-6-18(30,19(20,21)22)17-24-8-9-28(17)3/h4-5,8-10,30H,6-7H2,1-3H3,(H,23,25)(H,26,27,29). The minimum atomic E-state index is -4.90. The van der Waals surface area contributed by atoms with Crippen LogP contribution in [0.2, 0.25) is 0 Å². The number of rotatable bonds is 6. The number of nitrogens with one attached hydrogen (secondary N) is 2. The molecule has 0 saturated carbocycles. The Morgan fingerprint density at radius 3 is 2.50 bits per heavy atom. The van der Waals surface area contributed by atoms with Gasteiger partial charge in [-0.2, -0.15) is 13.2 Å². The highest BCUT2D eigenvalue weighted by atomic mass is 19.4. The van der Waals surface area contributed by atoms with Gasteiger partial charge < -0.3 is 20.0 Å². The SMILES string of the molecule is Cc1nc(-c2ccc(NCCC(O)(c3nccn3C)C(F)(F)F)nc2)[nH]c(=O)c1C. The second kappa shape index (κ2) is 7.90. The number of anilines is 1. The molecule has 3 aromatic rings. The van der Waals surface area contributed by atoms with E-state index < -0.39 is 24.0 Å². The first kappa shape index (κ1) is 21.5. The van der Waals surface area contributed by atoms with Crippen LogP contribution in [-0.4, -0.2) is 42.3 Å². The van der Waals surface area contributed by atoms with Gasteiger partial charge >= 0.3 is 6.18 Å². The van der Waals surface area contributed by atoms with Crippen molar-refractivity contribution in [2.24, 2.45) is 7.05 Å². The Morgan fingerprint density at radius 2 is 1.97 bits per heavy atom. The molecular weight excluding hydrogens is 401 g/mol. The molecule has 1 unspecified atom stereocenters. The highest BCUT2D eigenvalue weighted by Crippen LogP contribution is 2.40. The second-order valence-electron chi connectivity index (χ2n) is 6.95. The van der Waals surface area contributed by atoms with Crippen LogP contribution in [0.15, 0.2) is 35.5 Å². The maximum Gasteiger partial charge on any atom is 0.424 e. The minimum Gasteiger partial charge on any atom is -0.374 e. The summed E-state index contributed by atoms with van der Waals surface area (Å²) in [5.41, 5.74) is -1.67. The Morgan fingerprint density at radius 1 is 1.23 bits per heavy atom. The number of aromatic nitrogens is 5. The molecule has 0 spiro atoms.